The average molecular weight is 285 g/mol. The summed E-state index contributed by atoms with van der Waals surface area (Å²) in [5, 5.41) is 11.9. The van der Waals surface area contributed by atoms with Crippen LogP contribution >= 0.6 is 0 Å². The molecular weight excluding hydrogens is 261 g/mol. The van der Waals surface area contributed by atoms with Crippen molar-refractivity contribution in [1.29, 1.82) is 0 Å². The molecule has 0 amide bonds. The van der Waals surface area contributed by atoms with Crippen LogP contribution in [-0.4, -0.2) is 38.1 Å². The number of nitrogens with one attached hydrogen (secondary N) is 1. The van der Waals surface area contributed by atoms with Crippen LogP contribution in [0.3, 0.4) is 0 Å². The van der Waals surface area contributed by atoms with E-state index in [1.807, 2.05) is 6.92 Å². The molecule has 2 N–H and O–H groups in total. The van der Waals surface area contributed by atoms with Crippen LogP contribution in [0, 0.1) is 5.82 Å². The third kappa shape index (κ3) is 5.86. The predicted octanol–water partition coefficient (Wildman–Crippen LogP) is 2.27. The summed E-state index contributed by atoms with van der Waals surface area (Å²) in [4.78, 5) is 0. The van der Waals surface area contributed by atoms with Gasteiger partial charge in [-0.25, -0.2) is 4.39 Å². The standard InChI is InChI=1S/C15H24FNO3/c1-3-6-17-12(2)14-11-13(16)4-5-15(14)20-10-9-19-8-7-18/h4-5,11-12,17-18H,3,6-10H2,1-2H3. The molecule has 1 aromatic rings. The SMILES string of the molecule is CCCNC(C)c1cc(F)ccc1OCCOCCO. The lowest BCUT2D eigenvalue weighted by Crippen LogP contribution is -2.20. The molecule has 0 fully saturated rings. The van der Waals surface area contributed by atoms with Crippen molar-refractivity contribution in [3.05, 3.63) is 29.6 Å². The molecule has 1 aromatic carbocycles. The molecule has 0 radical (unpaired) electrons. The van der Waals surface area contributed by atoms with Gasteiger partial charge in [-0.15, -0.1) is 0 Å². The zero-order valence-corrected chi connectivity index (χ0v) is 12.2. The number of hydrogen-bond donors (Lipinski definition) is 2. The van der Waals surface area contributed by atoms with Crippen molar-refractivity contribution >= 4 is 0 Å². The Bertz CT molecular complexity index is 387. The lowest BCUT2D eigenvalue weighted by Gasteiger charge is -2.18. The Kier molecular flexibility index (Phi) is 8.18. The number of ether oxygens (including phenoxy) is 2. The number of rotatable bonds is 10. The lowest BCUT2D eigenvalue weighted by atomic mass is 10.1. The van der Waals surface area contributed by atoms with Gasteiger partial charge < -0.3 is 19.9 Å². The molecule has 0 saturated heterocycles. The predicted molar refractivity (Wildman–Crippen MR) is 76.5 cm³/mol. The van der Waals surface area contributed by atoms with Crippen LogP contribution in [-0.2, 0) is 4.74 Å². The number of aliphatic hydroxyl groups is 1. The van der Waals surface area contributed by atoms with E-state index >= 15 is 0 Å². The van der Waals surface area contributed by atoms with E-state index in [9.17, 15) is 4.39 Å². The highest BCUT2D eigenvalue weighted by Gasteiger charge is 2.12. The molecule has 1 unspecified atom stereocenters. The maximum Gasteiger partial charge on any atom is 0.124 e. The van der Waals surface area contributed by atoms with E-state index in [-0.39, 0.29) is 18.5 Å². The van der Waals surface area contributed by atoms with Crippen LogP contribution in [0.15, 0.2) is 18.2 Å². The highest BCUT2D eigenvalue weighted by Crippen LogP contribution is 2.26. The fraction of sp³-hybridized carbons (Fsp3) is 0.600. The van der Waals surface area contributed by atoms with Crippen LogP contribution in [0.4, 0.5) is 4.39 Å². The minimum atomic E-state index is -0.269. The van der Waals surface area contributed by atoms with Crippen LogP contribution in [0.1, 0.15) is 31.9 Å². The Labute approximate surface area is 119 Å². The van der Waals surface area contributed by atoms with Gasteiger partial charge in [0.2, 0.25) is 0 Å². The van der Waals surface area contributed by atoms with Gasteiger partial charge >= 0.3 is 0 Å². The number of hydrogen-bond acceptors (Lipinski definition) is 4. The average Bonchev–Trinajstić information content (AvgIpc) is 2.45. The van der Waals surface area contributed by atoms with Gasteiger partial charge in [-0.05, 0) is 38.1 Å². The quantitative estimate of drug-likeness (QED) is 0.648. The van der Waals surface area contributed by atoms with Gasteiger partial charge in [-0.1, -0.05) is 6.92 Å². The van der Waals surface area contributed by atoms with E-state index in [0.717, 1.165) is 18.5 Å². The second-order valence-corrected chi connectivity index (χ2v) is 4.54. The summed E-state index contributed by atoms with van der Waals surface area (Å²) in [5.74, 6) is 0.393. The summed E-state index contributed by atoms with van der Waals surface area (Å²) in [6, 6.07) is 4.55. The zero-order valence-electron chi connectivity index (χ0n) is 12.2. The molecule has 0 aromatic heterocycles. The second-order valence-electron chi connectivity index (χ2n) is 4.54. The van der Waals surface area contributed by atoms with Crippen LogP contribution in [0.2, 0.25) is 0 Å². The summed E-state index contributed by atoms with van der Waals surface area (Å²) in [6.45, 7) is 6.01. The Morgan fingerprint density at radius 2 is 2.10 bits per heavy atom. The first kappa shape index (κ1) is 16.9. The number of halogens is 1. The number of benzene rings is 1. The fourth-order valence-corrected chi connectivity index (χ4v) is 1.84. The van der Waals surface area contributed by atoms with Gasteiger partial charge in [0.15, 0.2) is 0 Å². The summed E-state index contributed by atoms with van der Waals surface area (Å²) in [7, 11) is 0. The molecule has 0 bridgehead atoms. The van der Waals surface area contributed by atoms with E-state index in [1.54, 1.807) is 6.07 Å². The molecule has 4 nitrogen and oxygen atoms in total. The molecule has 1 rings (SSSR count). The maximum absolute atomic E-state index is 13.4. The van der Waals surface area contributed by atoms with E-state index in [4.69, 9.17) is 14.6 Å². The van der Waals surface area contributed by atoms with Crippen molar-refractivity contribution in [2.75, 3.05) is 33.0 Å². The van der Waals surface area contributed by atoms with Crippen molar-refractivity contribution in [1.82, 2.24) is 5.32 Å². The molecular formula is C15H24FNO3. The zero-order chi connectivity index (χ0) is 14.8. The van der Waals surface area contributed by atoms with E-state index < -0.39 is 0 Å². The molecule has 0 aliphatic heterocycles. The molecule has 0 spiro atoms. The van der Waals surface area contributed by atoms with Gasteiger partial charge in [0, 0.05) is 11.6 Å². The van der Waals surface area contributed by atoms with Crippen molar-refractivity contribution in [2.24, 2.45) is 0 Å². The van der Waals surface area contributed by atoms with Gasteiger partial charge in [-0.2, -0.15) is 0 Å². The molecule has 20 heavy (non-hydrogen) atoms. The third-order valence-corrected chi connectivity index (χ3v) is 2.86. The molecule has 0 aliphatic carbocycles. The first-order valence-electron chi connectivity index (χ1n) is 7.03. The van der Waals surface area contributed by atoms with Gasteiger partial charge in [0.05, 0.1) is 19.8 Å². The van der Waals surface area contributed by atoms with Gasteiger partial charge in [0.1, 0.15) is 18.2 Å². The van der Waals surface area contributed by atoms with Crippen molar-refractivity contribution in [3.8, 4) is 5.75 Å². The second kappa shape index (κ2) is 9.69. The molecule has 5 heteroatoms. The van der Waals surface area contributed by atoms with Crippen molar-refractivity contribution in [3.63, 3.8) is 0 Å². The van der Waals surface area contributed by atoms with Crippen LogP contribution in [0.25, 0.3) is 0 Å². The molecule has 0 heterocycles. The molecule has 114 valence electrons. The highest BCUT2D eigenvalue weighted by atomic mass is 19.1. The Morgan fingerprint density at radius 1 is 1.30 bits per heavy atom. The smallest absolute Gasteiger partial charge is 0.124 e. The molecule has 0 aliphatic rings. The number of aliphatic hydroxyl groups excluding tert-OH is 1. The first-order valence-corrected chi connectivity index (χ1v) is 7.03. The highest BCUT2D eigenvalue weighted by molar-refractivity contribution is 5.36. The Balaban J connectivity index is 2.59. The summed E-state index contributed by atoms with van der Waals surface area (Å²) >= 11 is 0. The topological polar surface area (TPSA) is 50.7 Å². The van der Waals surface area contributed by atoms with Crippen molar-refractivity contribution in [2.45, 2.75) is 26.3 Å². The maximum atomic E-state index is 13.4. The minimum Gasteiger partial charge on any atom is -0.491 e. The van der Waals surface area contributed by atoms with E-state index in [2.05, 4.69) is 12.2 Å². The monoisotopic (exact) mass is 285 g/mol. The molecule has 0 saturated carbocycles. The summed E-state index contributed by atoms with van der Waals surface area (Å²) in [6.07, 6.45) is 1.02. The van der Waals surface area contributed by atoms with Gasteiger partial charge in [-0.3, -0.25) is 0 Å². The Hall–Kier alpha value is -1.17. The van der Waals surface area contributed by atoms with Gasteiger partial charge in [0.25, 0.3) is 0 Å². The van der Waals surface area contributed by atoms with E-state index in [1.165, 1.54) is 12.1 Å². The molecule has 1 atom stereocenters. The summed E-state index contributed by atoms with van der Waals surface area (Å²) in [5.41, 5.74) is 0.806. The summed E-state index contributed by atoms with van der Waals surface area (Å²) < 4.78 is 24.1. The lowest BCUT2D eigenvalue weighted by molar-refractivity contribution is 0.0702. The first-order chi connectivity index (χ1) is 9.69. The van der Waals surface area contributed by atoms with Crippen LogP contribution in [0.5, 0.6) is 5.75 Å². The Morgan fingerprint density at radius 3 is 2.80 bits per heavy atom. The fourth-order valence-electron chi connectivity index (χ4n) is 1.84. The van der Waals surface area contributed by atoms with Crippen molar-refractivity contribution < 1.29 is 19.0 Å². The third-order valence-electron chi connectivity index (χ3n) is 2.86. The van der Waals surface area contributed by atoms with Crippen LogP contribution < -0.4 is 10.1 Å². The minimum absolute atomic E-state index is 0.000228. The largest absolute Gasteiger partial charge is 0.491 e. The normalized spacial score (nSPS) is 12.4. The van der Waals surface area contributed by atoms with E-state index in [0.29, 0.717) is 25.6 Å².